The molecule has 5 nitrogen and oxygen atoms in total. The Labute approximate surface area is 94.9 Å². The first-order valence-electron chi connectivity index (χ1n) is 5.59. The first-order chi connectivity index (χ1) is 7.81. The van der Waals surface area contributed by atoms with Gasteiger partial charge in [-0.25, -0.2) is 9.97 Å². The summed E-state index contributed by atoms with van der Waals surface area (Å²) >= 11 is 0. The van der Waals surface area contributed by atoms with Gasteiger partial charge in [0.25, 0.3) is 0 Å². The fourth-order valence-corrected chi connectivity index (χ4v) is 1.85. The third-order valence-electron chi connectivity index (χ3n) is 2.74. The zero-order chi connectivity index (χ0) is 11.4. The summed E-state index contributed by atoms with van der Waals surface area (Å²) in [6.45, 7) is 4.10. The van der Waals surface area contributed by atoms with Gasteiger partial charge < -0.3 is 10.2 Å². The number of nitrogens with one attached hydrogen (secondary N) is 1. The van der Waals surface area contributed by atoms with Gasteiger partial charge in [-0.1, -0.05) is 6.92 Å². The number of carbonyl (C=O) groups excluding carboxylic acids is 1. The molecule has 2 rings (SSSR count). The highest BCUT2D eigenvalue weighted by molar-refractivity contribution is 5.82. The SMILES string of the molecule is CCC1NCCN(Cc2ncccn2)C1=O. The molecule has 86 valence electrons. The molecule has 1 N–H and O–H groups in total. The lowest BCUT2D eigenvalue weighted by atomic mass is 10.1. The van der Waals surface area contributed by atoms with Crippen LogP contribution >= 0.6 is 0 Å². The minimum absolute atomic E-state index is 0.0440. The molecule has 2 heterocycles. The third kappa shape index (κ3) is 2.36. The summed E-state index contributed by atoms with van der Waals surface area (Å²) in [4.78, 5) is 22.1. The quantitative estimate of drug-likeness (QED) is 0.790. The van der Waals surface area contributed by atoms with Crippen molar-refractivity contribution in [3.8, 4) is 0 Å². The predicted molar refractivity (Wildman–Crippen MR) is 59.5 cm³/mol. The summed E-state index contributed by atoms with van der Waals surface area (Å²) in [5, 5.41) is 3.20. The van der Waals surface area contributed by atoms with E-state index in [-0.39, 0.29) is 11.9 Å². The number of carbonyl (C=O) groups is 1. The molecule has 1 fully saturated rings. The largest absolute Gasteiger partial charge is 0.333 e. The van der Waals surface area contributed by atoms with Gasteiger partial charge in [-0.05, 0) is 12.5 Å². The molecule has 1 aliphatic heterocycles. The minimum atomic E-state index is -0.0440. The van der Waals surface area contributed by atoms with E-state index in [9.17, 15) is 4.79 Å². The first-order valence-corrected chi connectivity index (χ1v) is 5.59. The van der Waals surface area contributed by atoms with E-state index in [1.165, 1.54) is 0 Å². The summed E-state index contributed by atoms with van der Waals surface area (Å²) < 4.78 is 0. The van der Waals surface area contributed by atoms with Crippen LogP contribution in [0.1, 0.15) is 19.2 Å². The van der Waals surface area contributed by atoms with Crippen molar-refractivity contribution >= 4 is 5.91 Å². The second-order valence-corrected chi connectivity index (χ2v) is 3.84. The van der Waals surface area contributed by atoms with Crippen molar-refractivity contribution in [2.45, 2.75) is 25.9 Å². The molecule has 0 radical (unpaired) electrons. The van der Waals surface area contributed by atoms with Crippen LogP contribution in [-0.2, 0) is 11.3 Å². The second kappa shape index (κ2) is 5.03. The standard InChI is InChI=1S/C11H16N4O/c1-2-9-11(16)15(7-6-12-9)8-10-13-4-3-5-14-10/h3-5,9,12H,2,6-8H2,1H3. The Hall–Kier alpha value is -1.49. The average Bonchev–Trinajstić information content (AvgIpc) is 2.33. The fraction of sp³-hybridized carbons (Fsp3) is 0.545. The van der Waals surface area contributed by atoms with Crippen molar-refractivity contribution in [3.05, 3.63) is 24.3 Å². The average molecular weight is 220 g/mol. The molecule has 1 amide bonds. The van der Waals surface area contributed by atoms with Crippen molar-refractivity contribution < 1.29 is 4.79 Å². The maximum atomic E-state index is 12.0. The van der Waals surface area contributed by atoms with Crippen LogP contribution in [0.3, 0.4) is 0 Å². The molecule has 0 spiro atoms. The van der Waals surface area contributed by atoms with Gasteiger partial charge in [-0.3, -0.25) is 4.79 Å². The second-order valence-electron chi connectivity index (χ2n) is 3.84. The highest BCUT2D eigenvalue weighted by atomic mass is 16.2. The Bertz CT molecular complexity index is 354. The Balaban J connectivity index is 2.02. The van der Waals surface area contributed by atoms with Gasteiger partial charge in [0.1, 0.15) is 5.82 Å². The number of hydrogen-bond donors (Lipinski definition) is 1. The zero-order valence-corrected chi connectivity index (χ0v) is 9.39. The van der Waals surface area contributed by atoms with Gasteiger partial charge in [0, 0.05) is 25.5 Å². The number of rotatable bonds is 3. The van der Waals surface area contributed by atoms with E-state index >= 15 is 0 Å². The monoisotopic (exact) mass is 220 g/mol. The van der Waals surface area contributed by atoms with Crippen molar-refractivity contribution in [1.82, 2.24) is 20.2 Å². The van der Waals surface area contributed by atoms with Crippen LogP contribution in [-0.4, -0.2) is 39.9 Å². The molecule has 0 aromatic carbocycles. The predicted octanol–water partition coefficient (Wildman–Crippen LogP) is 0.187. The summed E-state index contributed by atoms with van der Waals surface area (Å²) in [5.41, 5.74) is 0. The molecule has 1 aromatic rings. The van der Waals surface area contributed by atoms with E-state index in [0.717, 1.165) is 19.5 Å². The van der Waals surface area contributed by atoms with Gasteiger partial charge in [0.15, 0.2) is 0 Å². The summed E-state index contributed by atoms with van der Waals surface area (Å²) in [6, 6.07) is 1.73. The van der Waals surface area contributed by atoms with Crippen LogP contribution in [0.2, 0.25) is 0 Å². The van der Waals surface area contributed by atoms with E-state index in [1.807, 2.05) is 11.8 Å². The number of piperazine rings is 1. The molecule has 1 unspecified atom stereocenters. The Morgan fingerprint density at radius 3 is 2.94 bits per heavy atom. The Morgan fingerprint density at radius 1 is 1.50 bits per heavy atom. The molecular weight excluding hydrogens is 204 g/mol. The molecule has 1 aromatic heterocycles. The fourth-order valence-electron chi connectivity index (χ4n) is 1.85. The first kappa shape index (κ1) is 11.0. The topological polar surface area (TPSA) is 58.1 Å². The van der Waals surface area contributed by atoms with Gasteiger partial charge in [-0.15, -0.1) is 0 Å². The minimum Gasteiger partial charge on any atom is -0.333 e. The van der Waals surface area contributed by atoms with Crippen LogP contribution in [0, 0.1) is 0 Å². The Kier molecular flexibility index (Phi) is 3.46. The van der Waals surface area contributed by atoms with Crippen LogP contribution in [0.15, 0.2) is 18.5 Å². The molecule has 0 bridgehead atoms. The lowest BCUT2D eigenvalue weighted by Crippen LogP contribution is -2.54. The van der Waals surface area contributed by atoms with Gasteiger partial charge in [0.2, 0.25) is 5.91 Å². The molecular formula is C11H16N4O. The van der Waals surface area contributed by atoms with Crippen molar-refractivity contribution in [2.24, 2.45) is 0 Å². The van der Waals surface area contributed by atoms with Crippen molar-refractivity contribution in [3.63, 3.8) is 0 Å². The van der Waals surface area contributed by atoms with E-state index in [0.29, 0.717) is 12.4 Å². The molecule has 1 saturated heterocycles. The van der Waals surface area contributed by atoms with E-state index in [2.05, 4.69) is 15.3 Å². The normalized spacial score (nSPS) is 21.2. The van der Waals surface area contributed by atoms with E-state index in [4.69, 9.17) is 0 Å². The highest BCUT2D eigenvalue weighted by Crippen LogP contribution is 2.07. The number of hydrogen-bond acceptors (Lipinski definition) is 4. The molecule has 1 atom stereocenters. The van der Waals surface area contributed by atoms with Crippen LogP contribution < -0.4 is 5.32 Å². The van der Waals surface area contributed by atoms with Crippen LogP contribution in [0.4, 0.5) is 0 Å². The highest BCUT2D eigenvalue weighted by Gasteiger charge is 2.26. The van der Waals surface area contributed by atoms with Crippen LogP contribution in [0.25, 0.3) is 0 Å². The zero-order valence-electron chi connectivity index (χ0n) is 9.39. The van der Waals surface area contributed by atoms with Gasteiger partial charge in [0.05, 0.1) is 12.6 Å². The molecule has 0 aliphatic carbocycles. The maximum Gasteiger partial charge on any atom is 0.240 e. The summed E-state index contributed by atoms with van der Waals surface area (Å²) in [7, 11) is 0. The smallest absolute Gasteiger partial charge is 0.240 e. The number of amides is 1. The summed E-state index contributed by atoms with van der Waals surface area (Å²) in [6.07, 6.45) is 4.23. The van der Waals surface area contributed by atoms with Crippen molar-refractivity contribution in [2.75, 3.05) is 13.1 Å². The molecule has 16 heavy (non-hydrogen) atoms. The lowest BCUT2D eigenvalue weighted by Gasteiger charge is -2.32. The number of aromatic nitrogens is 2. The molecule has 0 saturated carbocycles. The lowest BCUT2D eigenvalue weighted by molar-refractivity contribution is -0.136. The van der Waals surface area contributed by atoms with Crippen molar-refractivity contribution in [1.29, 1.82) is 0 Å². The molecule has 5 heteroatoms. The van der Waals surface area contributed by atoms with Crippen LogP contribution in [0.5, 0.6) is 0 Å². The maximum absolute atomic E-state index is 12.0. The number of nitrogens with zero attached hydrogens (tertiary/aromatic N) is 3. The van der Waals surface area contributed by atoms with Gasteiger partial charge >= 0.3 is 0 Å². The van der Waals surface area contributed by atoms with E-state index < -0.39 is 0 Å². The molecule has 1 aliphatic rings. The summed E-state index contributed by atoms with van der Waals surface area (Å²) in [5.74, 6) is 0.855. The third-order valence-corrected chi connectivity index (χ3v) is 2.74. The van der Waals surface area contributed by atoms with E-state index in [1.54, 1.807) is 18.5 Å². The van der Waals surface area contributed by atoms with Gasteiger partial charge in [-0.2, -0.15) is 0 Å². The Morgan fingerprint density at radius 2 is 2.25 bits per heavy atom.